The van der Waals surface area contributed by atoms with E-state index >= 15 is 0 Å². The molecule has 0 aliphatic carbocycles. The monoisotopic (exact) mass is 272 g/mol. The Labute approximate surface area is 120 Å². The van der Waals surface area contributed by atoms with Crippen LogP contribution in [0.25, 0.3) is 0 Å². The second-order valence-electron chi connectivity index (χ2n) is 5.03. The molecule has 106 valence electrons. The highest BCUT2D eigenvalue weighted by Crippen LogP contribution is 2.05. The quantitative estimate of drug-likeness (QED) is 0.779. The molecule has 0 saturated heterocycles. The van der Waals surface area contributed by atoms with Crippen LogP contribution >= 0.6 is 0 Å². The molecule has 0 amide bonds. The van der Waals surface area contributed by atoms with Gasteiger partial charge in [-0.2, -0.15) is 0 Å². The summed E-state index contributed by atoms with van der Waals surface area (Å²) < 4.78 is 12.8. The van der Waals surface area contributed by atoms with Crippen LogP contribution in [0.2, 0.25) is 0 Å². The highest BCUT2D eigenvalue weighted by atomic mass is 19.1. The molecular formula is C17H21FN2. The Bertz CT molecular complexity index is 496. The molecule has 1 N–H and O–H groups in total. The van der Waals surface area contributed by atoms with Crippen molar-refractivity contribution in [2.24, 2.45) is 0 Å². The highest BCUT2D eigenvalue weighted by molar-refractivity contribution is 5.16. The van der Waals surface area contributed by atoms with Crippen LogP contribution in [-0.4, -0.2) is 25.0 Å². The summed E-state index contributed by atoms with van der Waals surface area (Å²) in [6.07, 6.45) is 0. The Morgan fingerprint density at radius 1 is 0.950 bits per heavy atom. The van der Waals surface area contributed by atoms with Gasteiger partial charge in [0.2, 0.25) is 0 Å². The lowest BCUT2D eigenvalue weighted by Crippen LogP contribution is -2.28. The Balaban J connectivity index is 1.65. The van der Waals surface area contributed by atoms with Gasteiger partial charge in [0.1, 0.15) is 5.82 Å². The molecule has 3 heteroatoms. The van der Waals surface area contributed by atoms with E-state index in [1.807, 2.05) is 18.2 Å². The predicted octanol–water partition coefficient (Wildman–Crippen LogP) is 3.05. The topological polar surface area (TPSA) is 15.3 Å². The minimum atomic E-state index is -0.180. The maximum atomic E-state index is 12.8. The summed E-state index contributed by atoms with van der Waals surface area (Å²) in [6, 6.07) is 17.1. The lowest BCUT2D eigenvalue weighted by Gasteiger charge is -2.17. The maximum absolute atomic E-state index is 12.8. The van der Waals surface area contributed by atoms with E-state index in [0.29, 0.717) is 0 Å². The zero-order valence-corrected chi connectivity index (χ0v) is 11.8. The number of halogens is 1. The van der Waals surface area contributed by atoms with Crippen molar-refractivity contribution in [2.45, 2.75) is 13.1 Å². The Kier molecular flexibility index (Phi) is 5.71. The molecule has 0 radical (unpaired) electrons. The third-order valence-corrected chi connectivity index (χ3v) is 3.21. The Hall–Kier alpha value is -1.71. The van der Waals surface area contributed by atoms with Gasteiger partial charge in [0, 0.05) is 26.2 Å². The second-order valence-corrected chi connectivity index (χ2v) is 5.03. The van der Waals surface area contributed by atoms with Crippen molar-refractivity contribution in [2.75, 3.05) is 20.1 Å². The number of likely N-dealkylation sites (N-methyl/N-ethyl adjacent to an activating group) is 1. The molecule has 0 aliphatic heterocycles. The molecule has 0 saturated carbocycles. The molecule has 2 nitrogen and oxygen atoms in total. The van der Waals surface area contributed by atoms with Crippen LogP contribution in [0, 0.1) is 5.82 Å². The summed E-state index contributed by atoms with van der Waals surface area (Å²) in [7, 11) is 2.08. The zero-order chi connectivity index (χ0) is 14.2. The largest absolute Gasteiger partial charge is 0.311 e. The standard InChI is InChI=1S/C17H21FN2/c1-20(14-16-7-9-17(18)10-8-16)12-11-19-13-15-5-3-2-4-6-15/h2-10,19H,11-14H2,1H3. The van der Waals surface area contributed by atoms with E-state index < -0.39 is 0 Å². The van der Waals surface area contributed by atoms with Crippen LogP contribution in [0.3, 0.4) is 0 Å². The molecule has 20 heavy (non-hydrogen) atoms. The fourth-order valence-electron chi connectivity index (χ4n) is 2.08. The van der Waals surface area contributed by atoms with Gasteiger partial charge in [-0.3, -0.25) is 0 Å². The summed E-state index contributed by atoms with van der Waals surface area (Å²) >= 11 is 0. The van der Waals surface area contributed by atoms with Gasteiger partial charge in [0.05, 0.1) is 0 Å². The first-order chi connectivity index (χ1) is 9.74. The van der Waals surface area contributed by atoms with Gasteiger partial charge in [-0.1, -0.05) is 42.5 Å². The van der Waals surface area contributed by atoms with Crippen molar-refractivity contribution in [1.82, 2.24) is 10.2 Å². The molecule has 0 fully saturated rings. The van der Waals surface area contributed by atoms with Gasteiger partial charge >= 0.3 is 0 Å². The van der Waals surface area contributed by atoms with Crippen LogP contribution < -0.4 is 5.32 Å². The van der Waals surface area contributed by atoms with Crippen LogP contribution in [0.5, 0.6) is 0 Å². The highest BCUT2D eigenvalue weighted by Gasteiger charge is 2.00. The SMILES string of the molecule is CN(CCNCc1ccccc1)Cc1ccc(F)cc1. The number of benzene rings is 2. The van der Waals surface area contributed by atoms with Crippen LogP contribution in [0.15, 0.2) is 54.6 Å². The minimum absolute atomic E-state index is 0.180. The molecule has 0 bridgehead atoms. The summed E-state index contributed by atoms with van der Waals surface area (Å²) in [5.74, 6) is -0.180. The van der Waals surface area contributed by atoms with Gasteiger partial charge in [-0.15, -0.1) is 0 Å². The van der Waals surface area contributed by atoms with Gasteiger partial charge in [0.15, 0.2) is 0 Å². The minimum Gasteiger partial charge on any atom is -0.311 e. The lowest BCUT2D eigenvalue weighted by atomic mass is 10.2. The first-order valence-corrected chi connectivity index (χ1v) is 6.91. The average Bonchev–Trinajstić information content (AvgIpc) is 2.47. The van der Waals surface area contributed by atoms with Crippen molar-refractivity contribution in [3.8, 4) is 0 Å². The van der Waals surface area contributed by atoms with E-state index in [1.165, 1.54) is 17.7 Å². The molecule has 0 aromatic heterocycles. The number of rotatable bonds is 7. The number of hydrogen-bond acceptors (Lipinski definition) is 2. The first-order valence-electron chi connectivity index (χ1n) is 6.91. The molecule has 0 heterocycles. The fourth-order valence-corrected chi connectivity index (χ4v) is 2.08. The van der Waals surface area contributed by atoms with Gasteiger partial charge in [-0.25, -0.2) is 4.39 Å². The molecule has 0 aliphatic rings. The van der Waals surface area contributed by atoms with Gasteiger partial charge < -0.3 is 10.2 Å². The van der Waals surface area contributed by atoms with Gasteiger partial charge in [-0.05, 0) is 30.3 Å². The number of nitrogens with zero attached hydrogens (tertiary/aromatic N) is 1. The molecule has 2 aromatic carbocycles. The van der Waals surface area contributed by atoms with E-state index in [1.54, 1.807) is 0 Å². The maximum Gasteiger partial charge on any atom is 0.123 e. The summed E-state index contributed by atoms with van der Waals surface area (Å²) in [4.78, 5) is 2.23. The summed E-state index contributed by atoms with van der Waals surface area (Å²) in [5.41, 5.74) is 2.44. The van der Waals surface area contributed by atoms with Crippen LogP contribution in [0.4, 0.5) is 4.39 Å². The lowest BCUT2D eigenvalue weighted by molar-refractivity contribution is 0.324. The molecule has 0 atom stereocenters. The summed E-state index contributed by atoms with van der Waals surface area (Å²) in [6.45, 7) is 3.63. The smallest absolute Gasteiger partial charge is 0.123 e. The Morgan fingerprint density at radius 2 is 1.65 bits per heavy atom. The van der Waals surface area contributed by atoms with Crippen molar-refractivity contribution < 1.29 is 4.39 Å². The third-order valence-electron chi connectivity index (χ3n) is 3.21. The number of hydrogen-bond donors (Lipinski definition) is 1. The van der Waals surface area contributed by atoms with Crippen molar-refractivity contribution in [3.05, 3.63) is 71.5 Å². The van der Waals surface area contributed by atoms with Gasteiger partial charge in [0.25, 0.3) is 0 Å². The van der Waals surface area contributed by atoms with E-state index in [2.05, 4.69) is 41.5 Å². The molecule has 2 rings (SSSR count). The van der Waals surface area contributed by atoms with E-state index in [-0.39, 0.29) is 5.82 Å². The third kappa shape index (κ3) is 5.11. The van der Waals surface area contributed by atoms with Crippen LogP contribution in [0.1, 0.15) is 11.1 Å². The average molecular weight is 272 g/mol. The first kappa shape index (κ1) is 14.7. The predicted molar refractivity (Wildman–Crippen MR) is 80.9 cm³/mol. The van der Waals surface area contributed by atoms with E-state index in [4.69, 9.17) is 0 Å². The second kappa shape index (κ2) is 7.78. The molecule has 2 aromatic rings. The van der Waals surface area contributed by atoms with Crippen LogP contribution in [-0.2, 0) is 13.1 Å². The van der Waals surface area contributed by atoms with E-state index in [9.17, 15) is 4.39 Å². The van der Waals surface area contributed by atoms with E-state index in [0.717, 1.165) is 31.7 Å². The van der Waals surface area contributed by atoms with Crippen molar-refractivity contribution in [1.29, 1.82) is 0 Å². The van der Waals surface area contributed by atoms with Crippen molar-refractivity contribution in [3.63, 3.8) is 0 Å². The Morgan fingerprint density at radius 3 is 2.35 bits per heavy atom. The normalized spacial score (nSPS) is 10.9. The molecule has 0 spiro atoms. The molecular weight excluding hydrogens is 251 g/mol. The fraction of sp³-hybridized carbons (Fsp3) is 0.294. The zero-order valence-electron chi connectivity index (χ0n) is 11.8. The molecule has 0 unspecified atom stereocenters. The summed E-state index contributed by atoms with van der Waals surface area (Å²) in [5, 5.41) is 3.43. The number of nitrogens with one attached hydrogen (secondary N) is 1. The van der Waals surface area contributed by atoms with Crippen molar-refractivity contribution >= 4 is 0 Å².